The van der Waals surface area contributed by atoms with E-state index in [-0.39, 0.29) is 11.9 Å². The molecule has 172 valence electrons. The van der Waals surface area contributed by atoms with E-state index < -0.39 is 0 Å². The van der Waals surface area contributed by atoms with Gasteiger partial charge in [-0.2, -0.15) is 0 Å². The number of rotatable bonds is 8. The number of carbonyl (C=O) groups excluding carboxylic acids is 1. The first kappa shape index (κ1) is 22.3. The standard InChI is InChI=1S/C25H32N2O5/c1-29-22-14-18(15-23(30-2)25(22)31-3)16-27-21-10-12-26(17-19(21)8-9-24(27)28)11-4-6-20-7-5-13-32-20/h4-7,13-15,19,21H,8-12,16-17H2,1-3H3/t19-,21+/m1/s1. The molecule has 0 N–H and O–H groups in total. The Balaban J connectivity index is 1.44. The van der Waals surface area contributed by atoms with Gasteiger partial charge in [0.15, 0.2) is 11.5 Å². The van der Waals surface area contributed by atoms with E-state index in [1.165, 1.54) is 0 Å². The van der Waals surface area contributed by atoms with E-state index in [0.717, 1.165) is 43.8 Å². The second-order valence-corrected chi connectivity index (χ2v) is 8.39. The van der Waals surface area contributed by atoms with Crippen LogP contribution in [-0.4, -0.2) is 62.7 Å². The Morgan fingerprint density at radius 1 is 1.12 bits per heavy atom. The van der Waals surface area contributed by atoms with E-state index in [9.17, 15) is 4.79 Å². The molecule has 0 spiro atoms. The van der Waals surface area contributed by atoms with Crippen LogP contribution in [0.25, 0.3) is 6.08 Å². The van der Waals surface area contributed by atoms with Gasteiger partial charge in [0.1, 0.15) is 5.76 Å². The highest BCUT2D eigenvalue weighted by Gasteiger charge is 2.39. The monoisotopic (exact) mass is 440 g/mol. The SMILES string of the molecule is COc1cc(CN2C(=O)CC[C@@H]3CN(CC=Cc4ccco4)CC[C@@H]32)cc(OC)c1OC. The first-order chi connectivity index (χ1) is 15.6. The summed E-state index contributed by atoms with van der Waals surface area (Å²) in [5.74, 6) is 3.38. The molecule has 1 amide bonds. The van der Waals surface area contributed by atoms with Crippen molar-refractivity contribution in [2.24, 2.45) is 5.92 Å². The van der Waals surface area contributed by atoms with Crippen LogP contribution in [0, 0.1) is 5.92 Å². The van der Waals surface area contributed by atoms with E-state index in [1.54, 1.807) is 27.6 Å². The third-order valence-electron chi connectivity index (χ3n) is 6.49. The summed E-state index contributed by atoms with van der Waals surface area (Å²) in [6.45, 7) is 3.43. The number of nitrogens with zero attached hydrogens (tertiary/aromatic N) is 2. The Hall–Kier alpha value is -2.93. The van der Waals surface area contributed by atoms with Crippen LogP contribution in [0.3, 0.4) is 0 Å². The zero-order chi connectivity index (χ0) is 22.5. The van der Waals surface area contributed by atoms with Crippen LogP contribution in [0.15, 0.2) is 41.0 Å². The lowest BCUT2D eigenvalue weighted by Crippen LogP contribution is -2.55. The van der Waals surface area contributed by atoms with E-state index in [0.29, 0.717) is 36.1 Å². The lowest BCUT2D eigenvalue weighted by atomic mass is 9.83. The van der Waals surface area contributed by atoms with E-state index in [1.807, 2.05) is 30.3 Å². The molecule has 0 saturated carbocycles. The molecule has 2 saturated heterocycles. The van der Waals surface area contributed by atoms with Gasteiger partial charge < -0.3 is 23.5 Å². The van der Waals surface area contributed by atoms with Gasteiger partial charge in [0.2, 0.25) is 11.7 Å². The summed E-state index contributed by atoms with van der Waals surface area (Å²) >= 11 is 0. The number of ether oxygens (including phenoxy) is 3. The quantitative estimate of drug-likeness (QED) is 0.622. The number of piperidine rings is 2. The van der Waals surface area contributed by atoms with Gasteiger partial charge in [-0.15, -0.1) is 0 Å². The third kappa shape index (κ3) is 4.78. The van der Waals surface area contributed by atoms with Crippen LogP contribution < -0.4 is 14.2 Å². The molecule has 0 unspecified atom stereocenters. The van der Waals surface area contributed by atoms with Gasteiger partial charge in [0, 0.05) is 38.6 Å². The Bertz CT molecular complexity index is 915. The molecule has 7 nitrogen and oxygen atoms in total. The van der Waals surface area contributed by atoms with Crippen LogP contribution in [-0.2, 0) is 11.3 Å². The molecule has 0 bridgehead atoms. The first-order valence-electron chi connectivity index (χ1n) is 11.1. The fourth-order valence-corrected chi connectivity index (χ4v) is 4.93. The average molecular weight is 441 g/mol. The first-order valence-corrected chi connectivity index (χ1v) is 11.1. The van der Waals surface area contributed by atoms with Gasteiger partial charge in [-0.25, -0.2) is 0 Å². The summed E-state index contributed by atoms with van der Waals surface area (Å²) in [4.78, 5) is 17.4. The van der Waals surface area contributed by atoms with Crippen LogP contribution >= 0.6 is 0 Å². The third-order valence-corrected chi connectivity index (χ3v) is 6.49. The highest BCUT2D eigenvalue weighted by Crippen LogP contribution is 2.39. The molecule has 7 heteroatoms. The van der Waals surface area contributed by atoms with Gasteiger partial charge >= 0.3 is 0 Å². The fourth-order valence-electron chi connectivity index (χ4n) is 4.93. The Morgan fingerprint density at radius 2 is 1.91 bits per heavy atom. The number of carbonyl (C=O) groups is 1. The van der Waals surface area contributed by atoms with Crippen LogP contribution in [0.1, 0.15) is 30.6 Å². The maximum atomic E-state index is 12.9. The summed E-state index contributed by atoms with van der Waals surface area (Å²) < 4.78 is 21.8. The minimum absolute atomic E-state index is 0.228. The second kappa shape index (κ2) is 10.1. The van der Waals surface area contributed by atoms with Crippen LogP contribution in [0.2, 0.25) is 0 Å². The highest BCUT2D eigenvalue weighted by atomic mass is 16.5. The number of likely N-dealkylation sites (tertiary alicyclic amines) is 2. The number of furan rings is 1. The Morgan fingerprint density at radius 3 is 2.56 bits per heavy atom. The van der Waals surface area contributed by atoms with E-state index in [4.69, 9.17) is 18.6 Å². The van der Waals surface area contributed by atoms with Gasteiger partial charge in [-0.1, -0.05) is 6.08 Å². The smallest absolute Gasteiger partial charge is 0.223 e. The van der Waals surface area contributed by atoms with Crippen molar-refractivity contribution < 1.29 is 23.4 Å². The Labute approximate surface area is 189 Å². The van der Waals surface area contributed by atoms with Crippen molar-refractivity contribution in [3.8, 4) is 17.2 Å². The summed E-state index contributed by atoms with van der Waals surface area (Å²) in [7, 11) is 4.81. The number of hydrogen-bond donors (Lipinski definition) is 0. The summed E-state index contributed by atoms with van der Waals surface area (Å²) in [6.07, 6.45) is 8.39. The zero-order valence-corrected chi connectivity index (χ0v) is 19.1. The van der Waals surface area contributed by atoms with E-state index in [2.05, 4.69) is 15.9 Å². The number of methoxy groups -OCH3 is 3. The molecule has 2 aliphatic rings. The molecular formula is C25H32N2O5. The molecule has 0 radical (unpaired) electrons. The van der Waals surface area contributed by atoms with Crippen LogP contribution in [0.5, 0.6) is 17.2 Å². The van der Waals surface area contributed by atoms with Crippen molar-refractivity contribution in [1.82, 2.24) is 9.80 Å². The topological polar surface area (TPSA) is 64.4 Å². The molecule has 2 atom stereocenters. The molecule has 2 aromatic rings. The van der Waals surface area contributed by atoms with Crippen molar-refractivity contribution in [3.63, 3.8) is 0 Å². The van der Waals surface area contributed by atoms with Gasteiger partial charge in [0.25, 0.3) is 0 Å². The molecule has 0 aliphatic carbocycles. The maximum Gasteiger partial charge on any atom is 0.223 e. The molecule has 2 aliphatic heterocycles. The molecule has 4 rings (SSSR count). The van der Waals surface area contributed by atoms with Crippen molar-refractivity contribution >= 4 is 12.0 Å². The van der Waals surface area contributed by atoms with Crippen LogP contribution in [0.4, 0.5) is 0 Å². The van der Waals surface area contributed by atoms with Gasteiger partial charge in [-0.05, 0) is 54.7 Å². The lowest BCUT2D eigenvalue weighted by molar-refractivity contribution is -0.141. The molecule has 2 fully saturated rings. The number of benzene rings is 1. The molecule has 3 heterocycles. The lowest BCUT2D eigenvalue weighted by Gasteiger charge is -2.47. The largest absolute Gasteiger partial charge is 0.493 e. The predicted octanol–water partition coefficient (Wildman–Crippen LogP) is 3.83. The number of amides is 1. The van der Waals surface area contributed by atoms with Gasteiger partial charge in [-0.3, -0.25) is 9.69 Å². The highest BCUT2D eigenvalue weighted by molar-refractivity contribution is 5.77. The maximum absolute atomic E-state index is 12.9. The molecular weight excluding hydrogens is 408 g/mol. The van der Waals surface area contributed by atoms with Crippen molar-refractivity contribution in [2.45, 2.75) is 31.8 Å². The predicted molar refractivity (Wildman–Crippen MR) is 122 cm³/mol. The minimum Gasteiger partial charge on any atom is -0.493 e. The summed E-state index contributed by atoms with van der Waals surface area (Å²) in [5, 5.41) is 0. The zero-order valence-electron chi connectivity index (χ0n) is 19.1. The fraction of sp³-hybridized carbons (Fsp3) is 0.480. The summed E-state index contributed by atoms with van der Waals surface area (Å²) in [6, 6.07) is 7.99. The molecule has 1 aromatic carbocycles. The van der Waals surface area contributed by atoms with E-state index >= 15 is 0 Å². The average Bonchev–Trinajstić information content (AvgIpc) is 3.33. The number of fused-ring (bicyclic) bond motifs is 1. The number of hydrogen-bond acceptors (Lipinski definition) is 6. The Kier molecular flexibility index (Phi) is 7.05. The van der Waals surface area contributed by atoms with Crippen molar-refractivity contribution in [3.05, 3.63) is 47.9 Å². The molecule has 32 heavy (non-hydrogen) atoms. The normalized spacial score (nSPS) is 21.6. The minimum atomic E-state index is 0.228. The van der Waals surface area contributed by atoms with Crippen molar-refractivity contribution in [2.75, 3.05) is 41.0 Å². The second-order valence-electron chi connectivity index (χ2n) is 8.39. The summed E-state index contributed by atoms with van der Waals surface area (Å²) in [5.41, 5.74) is 0.984. The van der Waals surface area contributed by atoms with Crippen molar-refractivity contribution in [1.29, 1.82) is 0 Å². The molecule has 1 aromatic heterocycles. The van der Waals surface area contributed by atoms with Gasteiger partial charge in [0.05, 0.1) is 27.6 Å².